The van der Waals surface area contributed by atoms with Gasteiger partial charge in [0.25, 0.3) is 0 Å². The smallest absolute Gasteiger partial charge is 0.135 e. The molecule has 1 N–H and O–H groups in total. The van der Waals surface area contributed by atoms with Gasteiger partial charge in [0.05, 0.1) is 35.1 Å². The normalized spacial score (nSPS) is 13.3. The molecule has 4 nitrogen and oxygen atoms in total. The molecule has 0 spiro atoms. The molecule has 1 aliphatic rings. The topological polar surface area (TPSA) is 50.4 Å². The fraction of sp³-hybridized carbons (Fsp3) is 0.125. The first-order valence-electron chi connectivity index (χ1n) is 6.73. The molecule has 4 rings (SSSR count). The molecule has 3 heterocycles. The van der Waals surface area contributed by atoms with Crippen LogP contribution in [0.5, 0.6) is 0 Å². The number of benzene rings is 1. The van der Waals surface area contributed by atoms with Gasteiger partial charge < -0.3 is 9.67 Å². The van der Waals surface area contributed by atoms with E-state index < -0.39 is 0 Å². The SMILES string of the molecule is OCc1cn2c(n1)CN=C(c1ccccc1)c1sccc1-2. The van der Waals surface area contributed by atoms with Gasteiger partial charge in [-0.05, 0) is 11.4 Å². The first-order valence-corrected chi connectivity index (χ1v) is 7.61. The van der Waals surface area contributed by atoms with E-state index >= 15 is 0 Å². The molecule has 21 heavy (non-hydrogen) atoms. The van der Waals surface area contributed by atoms with Gasteiger partial charge >= 0.3 is 0 Å². The maximum Gasteiger partial charge on any atom is 0.135 e. The minimum atomic E-state index is -0.0469. The fourth-order valence-electron chi connectivity index (χ4n) is 2.58. The summed E-state index contributed by atoms with van der Waals surface area (Å²) in [4.78, 5) is 10.3. The van der Waals surface area contributed by atoms with Crippen LogP contribution in [0.25, 0.3) is 5.69 Å². The third-order valence-corrected chi connectivity index (χ3v) is 4.45. The molecule has 0 radical (unpaired) electrons. The Balaban J connectivity index is 1.90. The van der Waals surface area contributed by atoms with Crippen LogP contribution in [-0.2, 0) is 13.2 Å². The first kappa shape index (κ1) is 12.5. The highest BCUT2D eigenvalue weighted by molar-refractivity contribution is 7.12. The van der Waals surface area contributed by atoms with Crippen molar-refractivity contribution in [2.45, 2.75) is 13.2 Å². The number of fused-ring (bicyclic) bond motifs is 3. The molecule has 0 bridgehead atoms. The van der Waals surface area contributed by atoms with Gasteiger partial charge in [-0.2, -0.15) is 0 Å². The number of aliphatic hydroxyl groups is 1. The Morgan fingerprint density at radius 2 is 2.05 bits per heavy atom. The summed E-state index contributed by atoms with van der Waals surface area (Å²) >= 11 is 1.68. The van der Waals surface area contributed by atoms with Crippen LogP contribution in [-0.4, -0.2) is 20.4 Å². The van der Waals surface area contributed by atoms with Crippen LogP contribution in [0.1, 0.15) is 22.0 Å². The molecule has 1 aromatic carbocycles. The third kappa shape index (κ3) is 2.02. The van der Waals surface area contributed by atoms with Crippen molar-refractivity contribution in [2.75, 3.05) is 0 Å². The maximum absolute atomic E-state index is 9.28. The van der Waals surface area contributed by atoms with Crippen molar-refractivity contribution in [3.63, 3.8) is 0 Å². The summed E-state index contributed by atoms with van der Waals surface area (Å²) in [6.45, 7) is 0.473. The molecule has 0 saturated heterocycles. The Morgan fingerprint density at radius 1 is 1.19 bits per heavy atom. The van der Waals surface area contributed by atoms with Crippen LogP contribution in [0, 0.1) is 0 Å². The van der Waals surface area contributed by atoms with Crippen LogP contribution in [0.15, 0.2) is 53.0 Å². The highest BCUT2D eigenvalue weighted by Crippen LogP contribution is 2.29. The van der Waals surface area contributed by atoms with Gasteiger partial charge in [0, 0.05) is 11.8 Å². The first-order chi connectivity index (χ1) is 10.4. The van der Waals surface area contributed by atoms with Gasteiger partial charge in [-0.15, -0.1) is 11.3 Å². The number of thiophene rings is 1. The van der Waals surface area contributed by atoms with Gasteiger partial charge in [0.1, 0.15) is 5.82 Å². The summed E-state index contributed by atoms with van der Waals surface area (Å²) in [5.41, 5.74) is 3.90. The molecule has 5 heteroatoms. The Kier molecular flexibility index (Phi) is 2.94. The Bertz CT molecular complexity index is 817. The van der Waals surface area contributed by atoms with Crippen molar-refractivity contribution < 1.29 is 5.11 Å². The van der Waals surface area contributed by atoms with Crippen molar-refractivity contribution >= 4 is 17.0 Å². The molecule has 0 amide bonds. The number of imidazole rings is 1. The monoisotopic (exact) mass is 295 g/mol. The van der Waals surface area contributed by atoms with Crippen molar-refractivity contribution in [1.82, 2.24) is 9.55 Å². The number of aromatic nitrogens is 2. The largest absolute Gasteiger partial charge is 0.390 e. The van der Waals surface area contributed by atoms with Crippen molar-refractivity contribution in [3.8, 4) is 5.69 Å². The highest BCUT2D eigenvalue weighted by Gasteiger charge is 2.21. The molecule has 0 unspecified atom stereocenters. The molecule has 0 aliphatic carbocycles. The van der Waals surface area contributed by atoms with Crippen LogP contribution >= 0.6 is 11.3 Å². The second-order valence-corrected chi connectivity index (χ2v) is 5.76. The Hall–Kier alpha value is -2.24. The molecule has 104 valence electrons. The van der Waals surface area contributed by atoms with Gasteiger partial charge in [0.2, 0.25) is 0 Å². The summed E-state index contributed by atoms with van der Waals surface area (Å²) in [6, 6.07) is 12.3. The number of aliphatic imine (C=N–C) groups is 1. The zero-order valence-corrected chi connectivity index (χ0v) is 12.0. The lowest BCUT2D eigenvalue weighted by Gasteiger charge is -2.06. The average Bonchev–Trinajstić information content (AvgIpc) is 3.13. The molecule has 3 aromatic rings. The van der Waals surface area contributed by atoms with Crippen molar-refractivity contribution in [2.24, 2.45) is 4.99 Å². The minimum absolute atomic E-state index is 0.0469. The lowest BCUT2D eigenvalue weighted by molar-refractivity contribution is 0.277. The molecule has 0 saturated carbocycles. The van der Waals surface area contributed by atoms with E-state index in [9.17, 15) is 5.11 Å². The highest BCUT2D eigenvalue weighted by atomic mass is 32.1. The molecule has 0 atom stereocenters. The predicted octanol–water partition coefficient (Wildman–Crippen LogP) is 2.78. The van der Waals surface area contributed by atoms with Gasteiger partial charge in [0.15, 0.2) is 0 Å². The zero-order valence-electron chi connectivity index (χ0n) is 11.2. The standard InChI is InChI=1S/C16H13N3OS/c20-10-12-9-19-13-6-7-21-16(13)15(17-8-14(19)18-12)11-4-2-1-3-5-11/h1-7,9,20H,8,10H2. The van der Waals surface area contributed by atoms with E-state index in [0.717, 1.165) is 27.7 Å². The second kappa shape index (κ2) is 4.95. The van der Waals surface area contributed by atoms with E-state index in [-0.39, 0.29) is 6.61 Å². The summed E-state index contributed by atoms with van der Waals surface area (Å²) in [5.74, 6) is 0.865. The summed E-state index contributed by atoms with van der Waals surface area (Å²) < 4.78 is 2.04. The van der Waals surface area contributed by atoms with Gasteiger partial charge in [-0.1, -0.05) is 30.3 Å². The quantitative estimate of drug-likeness (QED) is 0.790. The van der Waals surface area contributed by atoms with Crippen molar-refractivity contribution in [3.05, 3.63) is 69.9 Å². The minimum Gasteiger partial charge on any atom is -0.390 e. The lowest BCUT2D eigenvalue weighted by Crippen LogP contribution is -2.03. The number of aliphatic hydroxyl groups excluding tert-OH is 1. The number of rotatable bonds is 2. The number of nitrogens with zero attached hydrogens (tertiary/aromatic N) is 3. The van der Waals surface area contributed by atoms with Gasteiger partial charge in [-0.25, -0.2) is 4.98 Å². The van der Waals surface area contributed by atoms with E-state index in [1.807, 2.05) is 29.0 Å². The van der Waals surface area contributed by atoms with E-state index in [4.69, 9.17) is 4.99 Å². The second-order valence-electron chi connectivity index (χ2n) is 4.84. The Morgan fingerprint density at radius 3 is 2.86 bits per heavy atom. The van der Waals surface area contributed by atoms with E-state index in [1.54, 1.807) is 11.3 Å². The van der Waals surface area contributed by atoms with Crippen LogP contribution in [0.3, 0.4) is 0 Å². The Labute approximate surface area is 126 Å². The van der Waals surface area contributed by atoms with E-state index in [1.165, 1.54) is 0 Å². The van der Waals surface area contributed by atoms with Crippen LogP contribution in [0.2, 0.25) is 0 Å². The summed E-state index contributed by atoms with van der Waals surface area (Å²) in [5, 5.41) is 11.3. The van der Waals surface area contributed by atoms with E-state index in [0.29, 0.717) is 12.2 Å². The van der Waals surface area contributed by atoms with Crippen molar-refractivity contribution in [1.29, 1.82) is 0 Å². The van der Waals surface area contributed by atoms with Crippen LogP contribution in [0.4, 0.5) is 0 Å². The van der Waals surface area contributed by atoms with Crippen LogP contribution < -0.4 is 0 Å². The number of hydrogen-bond acceptors (Lipinski definition) is 4. The molecular formula is C16H13N3OS. The molecule has 0 fully saturated rings. The predicted molar refractivity (Wildman–Crippen MR) is 83.1 cm³/mol. The summed E-state index contributed by atoms with van der Waals surface area (Å²) in [7, 11) is 0. The average molecular weight is 295 g/mol. The molecular weight excluding hydrogens is 282 g/mol. The molecule has 1 aliphatic heterocycles. The van der Waals surface area contributed by atoms with Gasteiger partial charge in [-0.3, -0.25) is 4.99 Å². The third-order valence-electron chi connectivity index (χ3n) is 3.54. The molecule has 2 aromatic heterocycles. The summed E-state index contributed by atoms with van der Waals surface area (Å²) in [6.07, 6.45) is 1.89. The fourth-order valence-corrected chi connectivity index (χ4v) is 3.49. The maximum atomic E-state index is 9.28. The lowest BCUT2D eigenvalue weighted by atomic mass is 10.1. The van der Waals surface area contributed by atoms with E-state index in [2.05, 4.69) is 28.6 Å². The number of hydrogen-bond donors (Lipinski definition) is 1. The zero-order chi connectivity index (χ0) is 14.2.